The lowest BCUT2D eigenvalue weighted by Crippen LogP contribution is -2.13. The Morgan fingerprint density at radius 1 is 1.53 bits per heavy atom. The maximum Gasteiger partial charge on any atom is 0.216 e. The number of hydrogen-bond donors (Lipinski definition) is 1. The first-order chi connectivity index (χ1) is 9.08. The van der Waals surface area contributed by atoms with Gasteiger partial charge in [0.15, 0.2) is 11.4 Å². The fraction of sp³-hybridized carbons (Fsp3) is 0.231. The Hall–Kier alpha value is -1.82. The molecule has 0 bridgehead atoms. The van der Waals surface area contributed by atoms with E-state index in [0.29, 0.717) is 29.2 Å². The van der Waals surface area contributed by atoms with E-state index in [1.165, 1.54) is 13.3 Å². The van der Waals surface area contributed by atoms with Crippen molar-refractivity contribution in [2.24, 2.45) is 0 Å². The van der Waals surface area contributed by atoms with E-state index < -0.39 is 0 Å². The van der Waals surface area contributed by atoms with Gasteiger partial charge in [-0.3, -0.25) is 9.48 Å². The first-order valence-corrected chi connectivity index (χ1v) is 6.57. The number of aryl methyl sites for hydroxylation is 1. The predicted molar refractivity (Wildman–Crippen MR) is 76.4 cm³/mol. The molecule has 0 aliphatic carbocycles. The van der Waals surface area contributed by atoms with E-state index in [4.69, 9.17) is 10.5 Å². The van der Waals surface area contributed by atoms with E-state index in [9.17, 15) is 4.79 Å². The van der Waals surface area contributed by atoms with Crippen LogP contribution in [0.15, 0.2) is 28.9 Å². The molecule has 0 aliphatic heterocycles. The summed E-state index contributed by atoms with van der Waals surface area (Å²) in [5.41, 5.74) is 7.14. The Morgan fingerprint density at radius 3 is 2.89 bits per heavy atom. The van der Waals surface area contributed by atoms with Gasteiger partial charge in [0, 0.05) is 22.3 Å². The highest BCUT2D eigenvalue weighted by atomic mass is 79.9. The Morgan fingerprint density at radius 2 is 2.26 bits per heavy atom. The molecule has 0 unspecified atom stereocenters. The molecule has 2 N–H and O–H groups in total. The van der Waals surface area contributed by atoms with E-state index >= 15 is 0 Å². The van der Waals surface area contributed by atoms with E-state index in [1.54, 1.807) is 22.9 Å². The van der Waals surface area contributed by atoms with Gasteiger partial charge in [-0.15, -0.1) is 0 Å². The second kappa shape index (κ2) is 5.44. The highest BCUT2D eigenvalue weighted by Gasteiger charge is 2.22. The summed E-state index contributed by atoms with van der Waals surface area (Å²) in [4.78, 5) is 12.6. The molecule has 0 fully saturated rings. The van der Waals surface area contributed by atoms with Crippen molar-refractivity contribution in [3.63, 3.8) is 0 Å². The van der Waals surface area contributed by atoms with Crippen molar-refractivity contribution >= 4 is 27.4 Å². The molecule has 0 amide bonds. The molecular weight excluding hydrogens is 310 g/mol. The minimum atomic E-state index is -0.199. The van der Waals surface area contributed by atoms with Gasteiger partial charge < -0.3 is 10.5 Å². The molecule has 0 spiro atoms. The fourth-order valence-corrected chi connectivity index (χ4v) is 2.20. The minimum Gasteiger partial charge on any atom is -0.493 e. The number of nitrogens with zero attached hydrogens (tertiary/aromatic N) is 2. The van der Waals surface area contributed by atoms with Gasteiger partial charge in [-0.1, -0.05) is 15.9 Å². The normalized spacial score (nSPS) is 10.5. The van der Waals surface area contributed by atoms with Gasteiger partial charge in [0.25, 0.3) is 0 Å². The lowest BCUT2D eigenvalue weighted by atomic mass is 10.1. The topological polar surface area (TPSA) is 70.1 Å². The largest absolute Gasteiger partial charge is 0.493 e. The van der Waals surface area contributed by atoms with Gasteiger partial charge in [0.05, 0.1) is 13.3 Å². The molecule has 1 aromatic carbocycles. The maximum atomic E-state index is 12.6. The van der Waals surface area contributed by atoms with Crippen molar-refractivity contribution in [3.8, 4) is 5.75 Å². The molecular formula is C13H14BrN3O2. The number of methoxy groups -OCH3 is 1. The Balaban J connectivity index is 2.55. The zero-order valence-electron chi connectivity index (χ0n) is 10.7. The standard InChI is InChI=1S/C13H14BrN3O2/c1-3-17-12(11(19-2)7-16-17)13(18)9-6-8(14)4-5-10(9)15/h4-7H,3,15H2,1-2H3. The van der Waals surface area contributed by atoms with Crippen molar-refractivity contribution in [1.82, 2.24) is 9.78 Å². The first kappa shape index (κ1) is 13.6. The molecule has 2 rings (SSSR count). The van der Waals surface area contributed by atoms with Crippen LogP contribution in [0.1, 0.15) is 23.0 Å². The van der Waals surface area contributed by atoms with Crippen LogP contribution < -0.4 is 10.5 Å². The van der Waals surface area contributed by atoms with Crippen LogP contribution in [0.25, 0.3) is 0 Å². The van der Waals surface area contributed by atoms with Gasteiger partial charge in [-0.2, -0.15) is 5.10 Å². The second-order valence-electron chi connectivity index (χ2n) is 3.94. The summed E-state index contributed by atoms with van der Waals surface area (Å²) < 4.78 is 7.58. The Labute approximate surface area is 119 Å². The van der Waals surface area contributed by atoms with Gasteiger partial charge in [-0.05, 0) is 25.1 Å². The summed E-state index contributed by atoms with van der Waals surface area (Å²) in [6, 6.07) is 5.18. The van der Waals surface area contributed by atoms with Crippen molar-refractivity contribution in [3.05, 3.63) is 40.1 Å². The number of hydrogen-bond acceptors (Lipinski definition) is 4. The van der Waals surface area contributed by atoms with Crippen LogP contribution in [0.4, 0.5) is 5.69 Å². The van der Waals surface area contributed by atoms with Crippen molar-refractivity contribution in [1.29, 1.82) is 0 Å². The number of rotatable bonds is 4. The SMILES string of the molecule is CCn1ncc(OC)c1C(=O)c1cc(Br)ccc1N. The van der Waals surface area contributed by atoms with Crippen LogP contribution in [-0.2, 0) is 6.54 Å². The lowest BCUT2D eigenvalue weighted by molar-refractivity contribution is 0.102. The molecule has 0 saturated carbocycles. The maximum absolute atomic E-state index is 12.6. The molecule has 100 valence electrons. The Bertz CT molecular complexity index is 601. The summed E-state index contributed by atoms with van der Waals surface area (Å²) in [6.45, 7) is 2.49. The molecule has 6 heteroatoms. The second-order valence-corrected chi connectivity index (χ2v) is 4.85. The molecule has 2 aromatic rings. The third-order valence-electron chi connectivity index (χ3n) is 2.80. The van der Waals surface area contributed by atoms with Gasteiger partial charge in [-0.25, -0.2) is 0 Å². The number of benzene rings is 1. The number of nitrogen functional groups attached to an aromatic ring is 1. The van der Waals surface area contributed by atoms with Crippen LogP contribution in [0.3, 0.4) is 0 Å². The molecule has 19 heavy (non-hydrogen) atoms. The van der Waals surface area contributed by atoms with Crippen molar-refractivity contribution in [2.75, 3.05) is 12.8 Å². The Kier molecular flexibility index (Phi) is 3.90. The minimum absolute atomic E-state index is 0.199. The number of carbonyl (C=O) groups is 1. The molecule has 0 atom stereocenters. The van der Waals surface area contributed by atoms with Crippen LogP contribution in [0, 0.1) is 0 Å². The van der Waals surface area contributed by atoms with Crippen LogP contribution >= 0.6 is 15.9 Å². The molecule has 5 nitrogen and oxygen atoms in total. The van der Waals surface area contributed by atoms with Gasteiger partial charge in [0.1, 0.15) is 0 Å². The fourth-order valence-electron chi connectivity index (χ4n) is 1.84. The summed E-state index contributed by atoms with van der Waals surface area (Å²) in [6.07, 6.45) is 1.53. The van der Waals surface area contributed by atoms with E-state index in [2.05, 4.69) is 21.0 Å². The zero-order chi connectivity index (χ0) is 14.0. The number of halogens is 1. The average molecular weight is 324 g/mol. The number of anilines is 1. The molecule has 1 heterocycles. The monoisotopic (exact) mass is 323 g/mol. The van der Waals surface area contributed by atoms with Crippen molar-refractivity contribution in [2.45, 2.75) is 13.5 Å². The summed E-state index contributed by atoms with van der Waals surface area (Å²) in [7, 11) is 1.51. The molecule has 0 aliphatic rings. The average Bonchev–Trinajstić information content (AvgIpc) is 2.83. The molecule has 1 aromatic heterocycles. The number of ether oxygens (including phenoxy) is 1. The van der Waals surface area contributed by atoms with Crippen LogP contribution in [-0.4, -0.2) is 22.7 Å². The highest BCUT2D eigenvalue weighted by Crippen LogP contribution is 2.26. The number of aromatic nitrogens is 2. The first-order valence-electron chi connectivity index (χ1n) is 5.78. The van der Waals surface area contributed by atoms with E-state index in [0.717, 1.165) is 4.47 Å². The summed E-state index contributed by atoms with van der Waals surface area (Å²) in [5, 5.41) is 4.12. The van der Waals surface area contributed by atoms with Crippen LogP contribution in [0.5, 0.6) is 5.75 Å². The predicted octanol–water partition coefficient (Wildman–Crippen LogP) is 2.49. The smallest absolute Gasteiger partial charge is 0.216 e. The van der Waals surface area contributed by atoms with Crippen LogP contribution in [0.2, 0.25) is 0 Å². The third kappa shape index (κ3) is 2.49. The van der Waals surface area contributed by atoms with Gasteiger partial charge in [0.2, 0.25) is 5.78 Å². The zero-order valence-corrected chi connectivity index (χ0v) is 12.3. The number of carbonyl (C=O) groups excluding carboxylic acids is 1. The number of ketones is 1. The number of nitrogens with two attached hydrogens (primary N) is 1. The quantitative estimate of drug-likeness (QED) is 0.693. The lowest BCUT2D eigenvalue weighted by Gasteiger charge is -2.09. The molecule has 0 radical (unpaired) electrons. The molecule has 0 saturated heterocycles. The van der Waals surface area contributed by atoms with Gasteiger partial charge >= 0.3 is 0 Å². The summed E-state index contributed by atoms with van der Waals surface area (Å²) in [5.74, 6) is 0.251. The third-order valence-corrected chi connectivity index (χ3v) is 3.29. The van der Waals surface area contributed by atoms with E-state index in [1.807, 2.05) is 6.92 Å². The van der Waals surface area contributed by atoms with E-state index in [-0.39, 0.29) is 5.78 Å². The van der Waals surface area contributed by atoms with Crippen molar-refractivity contribution < 1.29 is 9.53 Å². The summed E-state index contributed by atoms with van der Waals surface area (Å²) >= 11 is 3.34. The highest BCUT2D eigenvalue weighted by molar-refractivity contribution is 9.10.